The molecule has 1 aromatic heterocycles. The van der Waals surface area contributed by atoms with Crippen LogP contribution >= 0.6 is 0 Å². The molecule has 0 radical (unpaired) electrons. The van der Waals surface area contributed by atoms with Crippen molar-refractivity contribution < 1.29 is 9.90 Å². The number of carbonyl (C=O) groups is 1. The van der Waals surface area contributed by atoms with Gasteiger partial charge in [0, 0.05) is 11.9 Å². The molecule has 1 aromatic carbocycles. The molecule has 0 aliphatic heterocycles. The number of hydrogen-bond acceptors (Lipinski definition) is 5. The summed E-state index contributed by atoms with van der Waals surface area (Å²) in [5.41, 5.74) is 0.991. The quantitative estimate of drug-likeness (QED) is 0.859. The molecule has 0 spiro atoms. The molecule has 0 aliphatic rings. The lowest BCUT2D eigenvalue weighted by atomic mass is 10.1. The Kier molecular flexibility index (Phi) is 3.60. The largest absolute Gasteiger partial charge is 0.506 e. The van der Waals surface area contributed by atoms with Crippen LogP contribution in [0.15, 0.2) is 36.7 Å². The van der Waals surface area contributed by atoms with Crippen molar-refractivity contribution in [2.45, 2.75) is 0 Å². The first-order chi connectivity index (χ1) is 9.63. The van der Waals surface area contributed by atoms with Crippen molar-refractivity contribution in [2.75, 3.05) is 5.32 Å². The van der Waals surface area contributed by atoms with Gasteiger partial charge in [-0.2, -0.15) is 10.5 Å². The molecular weight excluding hydrogens is 256 g/mol. The Hall–Kier alpha value is -3.38. The Morgan fingerprint density at radius 1 is 1.15 bits per heavy atom. The van der Waals surface area contributed by atoms with Crippen LogP contribution in [0.25, 0.3) is 0 Å². The van der Waals surface area contributed by atoms with E-state index in [1.807, 2.05) is 12.1 Å². The highest BCUT2D eigenvalue weighted by atomic mass is 16.3. The maximum atomic E-state index is 11.9. The summed E-state index contributed by atoms with van der Waals surface area (Å²) >= 11 is 0. The highest BCUT2D eigenvalue weighted by Crippen LogP contribution is 2.16. The molecule has 0 unspecified atom stereocenters. The van der Waals surface area contributed by atoms with Gasteiger partial charge >= 0.3 is 0 Å². The van der Waals surface area contributed by atoms with Crippen LogP contribution in [0.5, 0.6) is 5.75 Å². The summed E-state index contributed by atoms with van der Waals surface area (Å²) < 4.78 is 0. The fourth-order valence-electron chi connectivity index (χ4n) is 1.57. The summed E-state index contributed by atoms with van der Waals surface area (Å²) in [6.07, 6.45) is 2.52. The molecule has 2 N–H and O–H groups in total. The lowest BCUT2D eigenvalue weighted by Gasteiger charge is -2.06. The lowest BCUT2D eigenvalue weighted by molar-refractivity contribution is 0.102. The van der Waals surface area contributed by atoms with Crippen LogP contribution in [0.4, 0.5) is 5.69 Å². The first-order valence-corrected chi connectivity index (χ1v) is 5.53. The van der Waals surface area contributed by atoms with Crippen LogP contribution in [0, 0.1) is 22.7 Å². The Bertz CT molecular complexity index is 756. The Morgan fingerprint density at radius 3 is 2.55 bits per heavy atom. The molecule has 0 saturated heterocycles. The van der Waals surface area contributed by atoms with Gasteiger partial charge in [-0.1, -0.05) is 0 Å². The van der Waals surface area contributed by atoms with E-state index in [2.05, 4.69) is 10.3 Å². The van der Waals surface area contributed by atoms with Gasteiger partial charge in [0.15, 0.2) is 0 Å². The SMILES string of the molecule is N#Cc1ccc(NC(=O)c2cncc(O)c2)cc1C#N. The molecule has 6 heteroatoms. The number of nitriles is 2. The first kappa shape index (κ1) is 13.1. The molecule has 1 amide bonds. The predicted octanol–water partition coefficient (Wildman–Crippen LogP) is 1.78. The van der Waals surface area contributed by atoms with Gasteiger partial charge in [-0.25, -0.2) is 0 Å². The van der Waals surface area contributed by atoms with Crippen molar-refractivity contribution >= 4 is 11.6 Å². The number of nitrogens with one attached hydrogen (secondary N) is 1. The van der Waals surface area contributed by atoms with E-state index in [0.717, 1.165) is 0 Å². The Morgan fingerprint density at radius 2 is 1.90 bits per heavy atom. The lowest BCUT2D eigenvalue weighted by Crippen LogP contribution is -2.12. The predicted molar refractivity (Wildman–Crippen MR) is 69.7 cm³/mol. The number of carbonyl (C=O) groups excluding carboxylic acids is 1. The zero-order valence-corrected chi connectivity index (χ0v) is 10.2. The van der Waals surface area contributed by atoms with E-state index in [4.69, 9.17) is 10.5 Å². The third-order valence-corrected chi connectivity index (χ3v) is 2.50. The second-order valence-corrected chi connectivity index (χ2v) is 3.87. The minimum absolute atomic E-state index is 0.116. The minimum Gasteiger partial charge on any atom is -0.506 e. The zero-order chi connectivity index (χ0) is 14.5. The van der Waals surface area contributed by atoms with E-state index in [0.29, 0.717) is 5.69 Å². The number of aromatic hydroxyl groups is 1. The molecule has 0 fully saturated rings. The van der Waals surface area contributed by atoms with Crippen LogP contribution in [-0.2, 0) is 0 Å². The summed E-state index contributed by atoms with van der Waals surface area (Å²) in [5.74, 6) is -0.586. The summed E-state index contributed by atoms with van der Waals surface area (Å²) in [7, 11) is 0. The Balaban J connectivity index is 2.25. The highest BCUT2D eigenvalue weighted by molar-refractivity contribution is 6.04. The number of benzene rings is 1. The summed E-state index contributed by atoms with van der Waals surface area (Å²) in [6.45, 7) is 0. The minimum atomic E-state index is -0.470. The topological polar surface area (TPSA) is 110 Å². The van der Waals surface area contributed by atoms with Crippen molar-refractivity contribution in [1.82, 2.24) is 4.98 Å². The molecule has 6 nitrogen and oxygen atoms in total. The van der Waals surface area contributed by atoms with Gasteiger partial charge in [0.05, 0.1) is 22.9 Å². The maximum absolute atomic E-state index is 11.9. The Labute approximate surface area is 114 Å². The number of hydrogen-bond donors (Lipinski definition) is 2. The van der Waals surface area contributed by atoms with Crippen molar-refractivity contribution in [3.63, 3.8) is 0 Å². The molecule has 0 atom stereocenters. The van der Waals surface area contributed by atoms with Crippen LogP contribution in [0.2, 0.25) is 0 Å². The van der Waals surface area contributed by atoms with Crippen molar-refractivity contribution in [3.8, 4) is 17.9 Å². The molecule has 0 saturated carbocycles. The maximum Gasteiger partial charge on any atom is 0.257 e. The number of rotatable bonds is 2. The number of aromatic nitrogens is 1. The summed E-state index contributed by atoms with van der Waals surface area (Å²) in [6, 6.07) is 9.43. The van der Waals surface area contributed by atoms with Gasteiger partial charge < -0.3 is 10.4 Å². The third kappa shape index (κ3) is 2.71. The average molecular weight is 264 g/mol. The van der Waals surface area contributed by atoms with Crippen LogP contribution in [-0.4, -0.2) is 16.0 Å². The van der Waals surface area contributed by atoms with Gasteiger partial charge in [0.2, 0.25) is 0 Å². The molecular formula is C14H8N4O2. The van der Waals surface area contributed by atoms with Crippen molar-refractivity contribution in [3.05, 3.63) is 53.3 Å². The second kappa shape index (κ2) is 5.51. The van der Waals surface area contributed by atoms with Crippen LogP contribution in [0.1, 0.15) is 21.5 Å². The normalized spacial score (nSPS) is 9.30. The summed E-state index contributed by atoms with van der Waals surface area (Å²) in [4.78, 5) is 15.6. The highest BCUT2D eigenvalue weighted by Gasteiger charge is 2.09. The third-order valence-electron chi connectivity index (χ3n) is 2.50. The van der Waals surface area contributed by atoms with E-state index < -0.39 is 5.91 Å². The van der Waals surface area contributed by atoms with Crippen LogP contribution < -0.4 is 5.32 Å². The fraction of sp³-hybridized carbons (Fsp3) is 0. The van der Waals surface area contributed by atoms with E-state index in [9.17, 15) is 9.90 Å². The monoisotopic (exact) mass is 264 g/mol. The smallest absolute Gasteiger partial charge is 0.257 e. The number of amides is 1. The molecule has 2 rings (SSSR count). The molecule has 96 valence electrons. The van der Waals surface area contributed by atoms with Crippen LogP contribution in [0.3, 0.4) is 0 Å². The summed E-state index contributed by atoms with van der Waals surface area (Å²) in [5, 5.41) is 29.5. The fourth-order valence-corrected chi connectivity index (χ4v) is 1.57. The van der Waals surface area contributed by atoms with Crippen molar-refractivity contribution in [2.24, 2.45) is 0 Å². The van der Waals surface area contributed by atoms with E-state index in [1.165, 1.54) is 36.7 Å². The van der Waals surface area contributed by atoms with E-state index in [1.54, 1.807) is 0 Å². The van der Waals surface area contributed by atoms with E-state index in [-0.39, 0.29) is 22.4 Å². The second-order valence-electron chi connectivity index (χ2n) is 3.87. The molecule has 0 bridgehead atoms. The van der Waals surface area contributed by atoms with Gasteiger partial charge in [-0.3, -0.25) is 9.78 Å². The van der Waals surface area contributed by atoms with Crippen molar-refractivity contribution in [1.29, 1.82) is 10.5 Å². The van der Waals surface area contributed by atoms with Gasteiger partial charge in [-0.05, 0) is 24.3 Å². The number of nitrogens with zero attached hydrogens (tertiary/aromatic N) is 3. The van der Waals surface area contributed by atoms with Gasteiger partial charge in [0.25, 0.3) is 5.91 Å². The number of pyridine rings is 1. The van der Waals surface area contributed by atoms with E-state index >= 15 is 0 Å². The standard InChI is InChI=1S/C14H8N4O2/c15-5-9-1-2-12(3-10(9)6-16)18-14(20)11-4-13(19)8-17-7-11/h1-4,7-8,19H,(H,18,20). The first-order valence-electron chi connectivity index (χ1n) is 5.53. The molecule has 20 heavy (non-hydrogen) atoms. The average Bonchev–Trinajstić information content (AvgIpc) is 2.47. The van der Waals surface area contributed by atoms with Gasteiger partial charge in [0.1, 0.15) is 17.9 Å². The molecule has 2 aromatic rings. The zero-order valence-electron chi connectivity index (χ0n) is 10.2. The molecule has 0 aliphatic carbocycles. The molecule has 1 heterocycles. The van der Waals surface area contributed by atoms with Gasteiger partial charge in [-0.15, -0.1) is 0 Å². The number of anilines is 1.